The Hall–Kier alpha value is -1.26. The van der Waals surface area contributed by atoms with Gasteiger partial charge in [0.15, 0.2) is 0 Å². The number of nitrogens with zero attached hydrogens (tertiary/aromatic N) is 1. The number of hydrogen-bond donors (Lipinski definition) is 1. The van der Waals surface area contributed by atoms with E-state index in [0.717, 1.165) is 22.8 Å². The van der Waals surface area contributed by atoms with Gasteiger partial charge >= 0.3 is 0 Å². The molecule has 1 N–H and O–H groups in total. The van der Waals surface area contributed by atoms with Crippen LogP contribution in [0.4, 0.5) is 4.39 Å². The van der Waals surface area contributed by atoms with Crippen LogP contribution in [0.25, 0.3) is 0 Å². The first-order valence-corrected chi connectivity index (χ1v) is 7.68. The number of halogens is 1. The fraction of sp³-hybridized carbons (Fsp3) is 0.438. The molecule has 0 spiro atoms. The van der Waals surface area contributed by atoms with E-state index in [2.05, 4.69) is 43.4 Å². The minimum Gasteiger partial charge on any atom is -0.305 e. The van der Waals surface area contributed by atoms with Crippen molar-refractivity contribution in [3.05, 3.63) is 51.7 Å². The van der Waals surface area contributed by atoms with Crippen molar-refractivity contribution in [2.24, 2.45) is 0 Å². The normalized spacial score (nSPS) is 13.4. The van der Waals surface area contributed by atoms with Gasteiger partial charge < -0.3 is 5.32 Å². The largest absolute Gasteiger partial charge is 0.305 e. The van der Waals surface area contributed by atoms with E-state index in [0.29, 0.717) is 0 Å². The van der Waals surface area contributed by atoms with Crippen molar-refractivity contribution < 1.29 is 4.39 Å². The molecule has 0 aliphatic heterocycles. The monoisotopic (exact) mass is 292 g/mol. The molecule has 1 heterocycles. The van der Waals surface area contributed by atoms with Crippen LogP contribution in [0.3, 0.4) is 0 Å². The molecular weight excluding hydrogens is 271 g/mol. The molecule has 2 nitrogen and oxygen atoms in total. The number of benzene rings is 1. The van der Waals surface area contributed by atoms with Crippen LogP contribution in [0.15, 0.2) is 29.6 Å². The second kappa shape index (κ2) is 6.02. The minimum atomic E-state index is -0.199. The van der Waals surface area contributed by atoms with Gasteiger partial charge in [0.05, 0.1) is 10.7 Å². The fourth-order valence-electron chi connectivity index (χ4n) is 1.86. The first-order chi connectivity index (χ1) is 9.36. The molecule has 0 aliphatic rings. The highest BCUT2D eigenvalue weighted by atomic mass is 32.1. The molecule has 2 aromatic rings. The Morgan fingerprint density at radius 3 is 2.45 bits per heavy atom. The van der Waals surface area contributed by atoms with Crippen LogP contribution < -0.4 is 5.32 Å². The summed E-state index contributed by atoms with van der Waals surface area (Å²) < 4.78 is 12.9. The van der Waals surface area contributed by atoms with Gasteiger partial charge in [0.1, 0.15) is 5.82 Å². The standard InChI is InChI=1S/C16H21FN2S/c1-11(12-5-7-13(17)8-6-12)18-9-14-10-20-15(19-14)16(2,3)4/h5-8,10-11,18H,9H2,1-4H3/t11-/m1/s1. The summed E-state index contributed by atoms with van der Waals surface area (Å²) in [7, 11) is 0. The van der Waals surface area contributed by atoms with E-state index in [1.54, 1.807) is 11.3 Å². The molecule has 0 amide bonds. The van der Waals surface area contributed by atoms with Gasteiger partial charge in [0, 0.05) is 23.4 Å². The van der Waals surface area contributed by atoms with Gasteiger partial charge in [-0.1, -0.05) is 32.9 Å². The van der Waals surface area contributed by atoms with Crippen molar-refractivity contribution in [1.82, 2.24) is 10.3 Å². The quantitative estimate of drug-likeness (QED) is 0.901. The zero-order valence-corrected chi connectivity index (χ0v) is 13.2. The lowest BCUT2D eigenvalue weighted by molar-refractivity contribution is 0.555. The molecule has 1 aromatic heterocycles. The molecule has 1 aromatic carbocycles. The number of hydrogen-bond acceptors (Lipinski definition) is 3. The molecular formula is C16H21FN2S. The van der Waals surface area contributed by atoms with Crippen molar-refractivity contribution in [1.29, 1.82) is 0 Å². The molecule has 2 rings (SSSR count). The molecule has 0 saturated heterocycles. The third-order valence-electron chi connectivity index (χ3n) is 3.15. The van der Waals surface area contributed by atoms with Crippen molar-refractivity contribution >= 4 is 11.3 Å². The topological polar surface area (TPSA) is 24.9 Å². The SMILES string of the molecule is C[C@@H](NCc1csc(C(C)(C)C)n1)c1ccc(F)cc1. The van der Waals surface area contributed by atoms with Crippen LogP contribution in [0.2, 0.25) is 0 Å². The summed E-state index contributed by atoms with van der Waals surface area (Å²) in [4.78, 5) is 4.66. The highest BCUT2D eigenvalue weighted by Gasteiger charge is 2.18. The lowest BCUT2D eigenvalue weighted by Crippen LogP contribution is -2.18. The van der Waals surface area contributed by atoms with E-state index < -0.39 is 0 Å². The van der Waals surface area contributed by atoms with Gasteiger partial charge in [0.2, 0.25) is 0 Å². The minimum absolute atomic E-state index is 0.103. The number of nitrogens with one attached hydrogen (secondary N) is 1. The van der Waals surface area contributed by atoms with Crippen LogP contribution in [-0.4, -0.2) is 4.98 Å². The van der Waals surface area contributed by atoms with Gasteiger partial charge in [-0.2, -0.15) is 0 Å². The van der Waals surface area contributed by atoms with Crippen LogP contribution in [-0.2, 0) is 12.0 Å². The summed E-state index contributed by atoms with van der Waals surface area (Å²) >= 11 is 1.71. The Balaban J connectivity index is 1.95. The average Bonchev–Trinajstić information content (AvgIpc) is 2.85. The van der Waals surface area contributed by atoms with E-state index in [1.807, 2.05) is 12.1 Å². The molecule has 0 saturated carbocycles. The second-order valence-corrected chi connectivity index (χ2v) is 6.91. The zero-order chi connectivity index (χ0) is 14.8. The maximum absolute atomic E-state index is 12.9. The third-order valence-corrected chi connectivity index (χ3v) is 4.47. The van der Waals surface area contributed by atoms with Crippen molar-refractivity contribution in [2.45, 2.75) is 45.7 Å². The lowest BCUT2D eigenvalue weighted by atomic mass is 9.98. The summed E-state index contributed by atoms with van der Waals surface area (Å²) in [6.07, 6.45) is 0. The van der Waals surface area contributed by atoms with E-state index in [4.69, 9.17) is 0 Å². The molecule has 0 radical (unpaired) electrons. The van der Waals surface area contributed by atoms with Crippen molar-refractivity contribution in [2.75, 3.05) is 0 Å². The molecule has 1 atom stereocenters. The van der Waals surface area contributed by atoms with E-state index in [1.165, 1.54) is 12.1 Å². The highest BCUT2D eigenvalue weighted by molar-refractivity contribution is 7.09. The van der Waals surface area contributed by atoms with Gasteiger partial charge in [-0.3, -0.25) is 0 Å². The zero-order valence-electron chi connectivity index (χ0n) is 12.4. The van der Waals surface area contributed by atoms with Crippen LogP contribution >= 0.6 is 11.3 Å². The summed E-state index contributed by atoms with van der Waals surface area (Å²) in [5.41, 5.74) is 2.25. The maximum Gasteiger partial charge on any atom is 0.123 e. The molecule has 108 valence electrons. The van der Waals surface area contributed by atoms with Gasteiger partial charge in [-0.25, -0.2) is 9.37 Å². The predicted molar refractivity (Wildman–Crippen MR) is 82.5 cm³/mol. The summed E-state index contributed by atoms with van der Waals surface area (Å²) in [6, 6.07) is 6.79. The maximum atomic E-state index is 12.9. The molecule has 4 heteroatoms. The molecule has 0 bridgehead atoms. The first kappa shape index (κ1) is 15.1. The number of aromatic nitrogens is 1. The molecule has 0 unspecified atom stereocenters. The lowest BCUT2D eigenvalue weighted by Gasteiger charge is -2.14. The Labute approximate surface area is 124 Å². The summed E-state index contributed by atoms with van der Waals surface area (Å²) in [5, 5.41) is 6.68. The van der Waals surface area contributed by atoms with E-state index >= 15 is 0 Å². The Kier molecular flexibility index (Phi) is 4.55. The number of thiazole rings is 1. The summed E-state index contributed by atoms with van der Waals surface area (Å²) in [5.74, 6) is -0.199. The van der Waals surface area contributed by atoms with Crippen molar-refractivity contribution in [3.8, 4) is 0 Å². The molecule has 0 fully saturated rings. The first-order valence-electron chi connectivity index (χ1n) is 6.80. The van der Waals surface area contributed by atoms with E-state index in [9.17, 15) is 4.39 Å². The molecule has 20 heavy (non-hydrogen) atoms. The fourth-order valence-corrected chi connectivity index (χ4v) is 2.77. The van der Waals surface area contributed by atoms with Crippen LogP contribution in [0.5, 0.6) is 0 Å². The third kappa shape index (κ3) is 3.87. The highest BCUT2D eigenvalue weighted by Crippen LogP contribution is 2.25. The van der Waals surface area contributed by atoms with Crippen molar-refractivity contribution in [3.63, 3.8) is 0 Å². The second-order valence-electron chi connectivity index (χ2n) is 6.05. The Morgan fingerprint density at radius 1 is 1.25 bits per heavy atom. The number of rotatable bonds is 4. The van der Waals surface area contributed by atoms with Crippen LogP contribution in [0, 0.1) is 5.82 Å². The van der Waals surface area contributed by atoms with Gasteiger partial charge in [-0.05, 0) is 24.6 Å². The Morgan fingerprint density at radius 2 is 1.90 bits per heavy atom. The van der Waals surface area contributed by atoms with E-state index in [-0.39, 0.29) is 17.3 Å². The average molecular weight is 292 g/mol. The van der Waals surface area contributed by atoms with Gasteiger partial charge in [0.25, 0.3) is 0 Å². The van der Waals surface area contributed by atoms with Gasteiger partial charge in [-0.15, -0.1) is 11.3 Å². The predicted octanol–water partition coefficient (Wildman–Crippen LogP) is 4.43. The molecule has 0 aliphatic carbocycles. The summed E-state index contributed by atoms with van der Waals surface area (Å²) in [6.45, 7) is 9.31. The Bertz CT molecular complexity index is 555. The van der Waals surface area contributed by atoms with Crippen LogP contribution in [0.1, 0.15) is 50.0 Å². The smallest absolute Gasteiger partial charge is 0.123 e.